The number of thiazole rings is 1. The van der Waals surface area contributed by atoms with E-state index in [0.717, 1.165) is 10.7 Å². The van der Waals surface area contributed by atoms with Crippen LogP contribution in [0.4, 0.5) is 5.13 Å². The number of hydrogen-bond donors (Lipinski definition) is 1. The summed E-state index contributed by atoms with van der Waals surface area (Å²) in [7, 11) is 0. The molecule has 0 aliphatic carbocycles. The number of aromatic nitrogens is 1. The number of rotatable bonds is 3. The number of nitrogens with one attached hydrogen (secondary N) is 1. The standard InChI is InChI=1S/C10H8Cl2N2S/c11-8-3-7(4-9(12)5-8)6-14-10-13-1-2-15-10/h1-5H,6H2,(H,13,14). The van der Waals surface area contributed by atoms with Crippen LogP contribution in [0.3, 0.4) is 0 Å². The molecule has 1 aromatic carbocycles. The smallest absolute Gasteiger partial charge is 0.182 e. The normalized spacial score (nSPS) is 10.3. The topological polar surface area (TPSA) is 24.9 Å². The Morgan fingerprint density at radius 2 is 1.93 bits per heavy atom. The Morgan fingerprint density at radius 1 is 1.20 bits per heavy atom. The maximum Gasteiger partial charge on any atom is 0.182 e. The fraction of sp³-hybridized carbons (Fsp3) is 0.100. The van der Waals surface area contributed by atoms with Gasteiger partial charge in [-0.3, -0.25) is 0 Å². The minimum absolute atomic E-state index is 0.651. The predicted octanol–water partition coefficient (Wildman–Crippen LogP) is 4.06. The van der Waals surface area contributed by atoms with Crippen molar-refractivity contribution in [1.82, 2.24) is 4.98 Å². The molecule has 0 spiro atoms. The second-order valence-corrected chi connectivity index (χ2v) is 4.74. The number of anilines is 1. The minimum Gasteiger partial charge on any atom is -0.357 e. The Balaban J connectivity index is 2.05. The number of benzene rings is 1. The zero-order chi connectivity index (χ0) is 10.7. The maximum absolute atomic E-state index is 5.89. The third kappa shape index (κ3) is 3.09. The van der Waals surface area contributed by atoms with Crippen LogP contribution in [0.5, 0.6) is 0 Å². The summed E-state index contributed by atoms with van der Waals surface area (Å²) in [5.41, 5.74) is 1.04. The van der Waals surface area contributed by atoms with Crippen LogP contribution < -0.4 is 5.32 Å². The molecule has 1 aromatic heterocycles. The molecule has 5 heteroatoms. The van der Waals surface area contributed by atoms with Gasteiger partial charge >= 0.3 is 0 Å². The predicted molar refractivity (Wildman–Crippen MR) is 65.9 cm³/mol. The highest BCUT2D eigenvalue weighted by Gasteiger charge is 1.99. The molecule has 0 saturated carbocycles. The summed E-state index contributed by atoms with van der Waals surface area (Å²) in [5.74, 6) is 0. The summed E-state index contributed by atoms with van der Waals surface area (Å²) in [6.07, 6.45) is 1.76. The molecule has 0 bridgehead atoms. The first-order chi connectivity index (χ1) is 7.24. The Hall–Kier alpha value is -0.770. The van der Waals surface area contributed by atoms with Gasteiger partial charge in [0.25, 0.3) is 0 Å². The summed E-state index contributed by atoms with van der Waals surface area (Å²) in [6, 6.07) is 5.48. The number of hydrogen-bond acceptors (Lipinski definition) is 3. The first kappa shape index (κ1) is 10.7. The molecule has 0 saturated heterocycles. The molecular weight excluding hydrogens is 251 g/mol. The lowest BCUT2D eigenvalue weighted by Crippen LogP contribution is -1.98. The molecule has 0 atom stereocenters. The van der Waals surface area contributed by atoms with E-state index in [1.54, 1.807) is 23.6 Å². The maximum atomic E-state index is 5.89. The number of nitrogens with zero attached hydrogens (tertiary/aromatic N) is 1. The average Bonchev–Trinajstić information content (AvgIpc) is 2.65. The molecule has 0 amide bonds. The van der Waals surface area contributed by atoms with Crippen molar-refractivity contribution in [2.45, 2.75) is 6.54 Å². The second-order valence-electron chi connectivity index (χ2n) is 2.97. The van der Waals surface area contributed by atoms with Gasteiger partial charge in [-0.2, -0.15) is 0 Å². The Morgan fingerprint density at radius 3 is 2.53 bits per heavy atom. The second kappa shape index (κ2) is 4.84. The van der Waals surface area contributed by atoms with Crippen LogP contribution in [0, 0.1) is 0 Å². The van der Waals surface area contributed by atoms with E-state index < -0.39 is 0 Å². The molecular formula is C10H8Cl2N2S. The van der Waals surface area contributed by atoms with Crippen LogP contribution in [-0.4, -0.2) is 4.98 Å². The van der Waals surface area contributed by atoms with Crippen molar-refractivity contribution in [3.8, 4) is 0 Å². The monoisotopic (exact) mass is 258 g/mol. The molecule has 1 N–H and O–H groups in total. The van der Waals surface area contributed by atoms with Crippen molar-refractivity contribution in [3.05, 3.63) is 45.4 Å². The van der Waals surface area contributed by atoms with Crippen LogP contribution >= 0.6 is 34.5 Å². The first-order valence-electron chi connectivity index (χ1n) is 4.32. The summed E-state index contributed by atoms with van der Waals surface area (Å²) in [6.45, 7) is 0.674. The van der Waals surface area contributed by atoms with Crippen LogP contribution in [-0.2, 0) is 6.54 Å². The quantitative estimate of drug-likeness (QED) is 0.898. The zero-order valence-electron chi connectivity index (χ0n) is 7.71. The van der Waals surface area contributed by atoms with Crippen molar-refractivity contribution < 1.29 is 0 Å². The van der Waals surface area contributed by atoms with Crippen molar-refractivity contribution >= 4 is 39.7 Å². The third-order valence-corrected chi connectivity index (χ3v) is 2.97. The van der Waals surface area contributed by atoms with Gasteiger partial charge < -0.3 is 5.32 Å². The van der Waals surface area contributed by atoms with E-state index in [1.807, 2.05) is 17.5 Å². The number of halogens is 2. The Kier molecular flexibility index (Phi) is 3.46. The fourth-order valence-corrected chi connectivity index (χ4v) is 2.30. The van der Waals surface area contributed by atoms with Gasteiger partial charge in [0.1, 0.15) is 0 Å². The Labute approximate surface area is 102 Å². The van der Waals surface area contributed by atoms with Gasteiger partial charge in [0, 0.05) is 28.2 Å². The fourth-order valence-electron chi connectivity index (χ4n) is 1.20. The molecule has 0 fully saturated rings. The highest BCUT2D eigenvalue weighted by molar-refractivity contribution is 7.13. The van der Waals surface area contributed by atoms with Crippen molar-refractivity contribution in [3.63, 3.8) is 0 Å². The summed E-state index contributed by atoms with van der Waals surface area (Å²) in [5, 5.41) is 7.31. The van der Waals surface area contributed by atoms with E-state index in [9.17, 15) is 0 Å². The summed E-state index contributed by atoms with van der Waals surface area (Å²) in [4.78, 5) is 4.12. The average molecular weight is 259 g/mol. The minimum atomic E-state index is 0.651. The molecule has 78 valence electrons. The van der Waals surface area contributed by atoms with Gasteiger partial charge in [0.2, 0.25) is 0 Å². The van der Waals surface area contributed by atoms with Gasteiger partial charge in [0.05, 0.1) is 0 Å². The van der Waals surface area contributed by atoms with Crippen LogP contribution in [0.1, 0.15) is 5.56 Å². The molecule has 1 heterocycles. The van der Waals surface area contributed by atoms with Gasteiger partial charge in [-0.1, -0.05) is 23.2 Å². The molecule has 0 aliphatic heterocycles. The highest BCUT2D eigenvalue weighted by Crippen LogP contribution is 2.20. The van der Waals surface area contributed by atoms with Crippen molar-refractivity contribution in [1.29, 1.82) is 0 Å². The summed E-state index contributed by atoms with van der Waals surface area (Å²) < 4.78 is 0. The summed E-state index contributed by atoms with van der Waals surface area (Å²) >= 11 is 13.3. The first-order valence-corrected chi connectivity index (χ1v) is 5.96. The Bertz CT molecular complexity index is 422. The SMILES string of the molecule is Clc1cc(Cl)cc(CNc2nccs2)c1. The molecule has 0 radical (unpaired) electrons. The van der Waals surface area contributed by atoms with Crippen molar-refractivity contribution in [2.75, 3.05) is 5.32 Å². The molecule has 2 rings (SSSR count). The van der Waals surface area contributed by atoms with E-state index in [0.29, 0.717) is 16.6 Å². The van der Waals surface area contributed by atoms with Crippen LogP contribution in [0.15, 0.2) is 29.8 Å². The molecule has 2 nitrogen and oxygen atoms in total. The van der Waals surface area contributed by atoms with Crippen molar-refractivity contribution in [2.24, 2.45) is 0 Å². The lowest BCUT2D eigenvalue weighted by Gasteiger charge is -2.04. The van der Waals surface area contributed by atoms with Gasteiger partial charge in [0.15, 0.2) is 5.13 Å². The zero-order valence-corrected chi connectivity index (χ0v) is 10.0. The van der Waals surface area contributed by atoms with E-state index in [1.165, 1.54) is 0 Å². The molecule has 0 unspecified atom stereocenters. The van der Waals surface area contributed by atoms with Gasteiger partial charge in [-0.25, -0.2) is 4.98 Å². The lowest BCUT2D eigenvalue weighted by molar-refractivity contribution is 1.13. The molecule has 15 heavy (non-hydrogen) atoms. The third-order valence-electron chi connectivity index (χ3n) is 1.80. The highest BCUT2D eigenvalue weighted by atomic mass is 35.5. The molecule has 0 aliphatic rings. The van der Waals surface area contributed by atoms with Crippen LogP contribution in [0.25, 0.3) is 0 Å². The molecule has 2 aromatic rings. The van der Waals surface area contributed by atoms with E-state index in [2.05, 4.69) is 10.3 Å². The largest absolute Gasteiger partial charge is 0.357 e. The van der Waals surface area contributed by atoms with E-state index in [-0.39, 0.29) is 0 Å². The van der Waals surface area contributed by atoms with E-state index >= 15 is 0 Å². The van der Waals surface area contributed by atoms with Gasteiger partial charge in [-0.05, 0) is 23.8 Å². The van der Waals surface area contributed by atoms with Gasteiger partial charge in [-0.15, -0.1) is 11.3 Å². The lowest BCUT2D eigenvalue weighted by atomic mass is 10.2. The van der Waals surface area contributed by atoms with E-state index in [4.69, 9.17) is 23.2 Å². The van der Waals surface area contributed by atoms with Crippen LogP contribution in [0.2, 0.25) is 10.0 Å².